The van der Waals surface area contributed by atoms with Gasteiger partial charge in [-0.05, 0) is 19.8 Å². The van der Waals surface area contributed by atoms with E-state index in [0.717, 1.165) is 11.3 Å². The molecule has 2 aliphatic rings. The summed E-state index contributed by atoms with van der Waals surface area (Å²) in [6, 6.07) is -0.888. The molecule has 3 heterocycles. The van der Waals surface area contributed by atoms with E-state index in [-0.39, 0.29) is 18.0 Å². The molecule has 12 heteroatoms. The van der Waals surface area contributed by atoms with E-state index in [1.54, 1.807) is 25.1 Å². The van der Waals surface area contributed by atoms with Crippen LogP contribution >= 0.6 is 11.3 Å². The van der Waals surface area contributed by atoms with E-state index in [0.29, 0.717) is 37.7 Å². The number of anilines is 1. The van der Waals surface area contributed by atoms with E-state index in [1.165, 1.54) is 19.9 Å². The Morgan fingerprint density at radius 3 is 2.77 bits per heavy atom. The highest BCUT2D eigenvalue weighted by atomic mass is 32.2. The molecule has 1 aromatic heterocycles. The van der Waals surface area contributed by atoms with Crippen LogP contribution in [0.2, 0.25) is 0 Å². The number of nitrogens with one attached hydrogen (secondary N) is 2. The number of fused-ring (bicyclic) bond motifs is 1. The Kier molecular flexibility index (Phi) is 7.00. The number of thiazole rings is 1. The van der Waals surface area contributed by atoms with Crippen molar-refractivity contribution < 1.29 is 18.0 Å². The Balaban J connectivity index is 1.77. The molecule has 0 spiro atoms. The molecule has 3 rings (SSSR count). The number of carbonyl (C=O) groups is 2. The lowest BCUT2D eigenvalue weighted by molar-refractivity contribution is -0.120. The molecule has 2 N–H and O–H groups in total. The Hall–Kier alpha value is -1.76. The maximum atomic E-state index is 13.0. The van der Waals surface area contributed by atoms with Crippen molar-refractivity contribution in [2.45, 2.75) is 52.2 Å². The molecule has 0 aliphatic carbocycles. The van der Waals surface area contributed by atoms with Crippen LogP contribution in [0.5, 0.6) is 0 Å². The van der Waals surface area contributed by atoms with Gasteiger partial charge < -0.3 is 10.6 Å². The normalized spacial score (nSPS) is 24.5. The van der Waals surface area contributed by atoms with Gasteiger partial charge in [0.15, 0.2) is 5.13 Å². The van der Waals surface area contributed by atoms with E-state index < -0.39 is 22.2 Å². The molecule has 3 atom stereocenters. The van der Waals surface area contributed by atoms with Crippen molar-refractivity contribution in [3.8, 4) is 0 Å². The molecular weight excluding hydrogens is 428 g/mol. The minimum Gasteiger partial charge on any atom is -0.338 e. The van der Waals surface area contributed by atoms with Crippen molar-refractivity contribution in [2.24, 2.45) is 5.92 Å². The van der Waals surface area contributed by atoms with Gasteiger partial charge in [-0.2, -0.15) is 17.0 Å². The highest BCUT2D eigenvalue weighted by Crippen LogP contribution is 2.41. The second-order valence-electron chi connectivity index (χ2n) is 7.61. The Morgan fingerprint density at radius 1 is 1.37 bits per heavy atom. The Bertz CT molecular complexity index is 889. The highest BCUT2D eigenvalue weighted by molar-refractivity contribution is 7.86. The molecule has 1 aromatic rings. The van der Waals surface area contributed by atoms with Crippen molar-refractivity contribution in [3.63, 3.8) is 0 Å². The minimum absolute atomic E-state index is 0.111. The van der Waals surface area contributed by atoms with Crippen LogP contribution in [-0.2, 0) is 21.5 Å². The zero-order valence-corrected chi connectivity index (χ0v) is 19.4. The Labute approximate surface area is 181 Å². The van der Waals surface area contributed by atoms with Gasteiger partial charge in [-0.15, -0.1) is 0 Å². The molecule has 2 fully saturated rings. The molecular formula is C18H30N6O4S2. The van der Waals surface area contributed by atoms with Crippen molar-refractivity contribution in [2.75, 3.05) is 31.6 Å². The lowest BCUT2D eigenvalue weighted by Gasteiger charge is -2.29. The maximum Gasteiger partial charge on any atom is 0.315 e. The molecule has 30 heavy (non-hydrogen) atoms. The largest absolute Gasteiger partial charge is 0.338 e. The number of aromatic nitrogens is 1. The van der Waals surface area contributed by atoms with Gasteiger partial charge in [0, 0.05) is 37.8 Å². The number of rotatable bonds is 8. The smallest absolute Gasteiger partial charge is 0.315 e. The van der Waals surface area contributed by atoms with Gasteiger partial charge in [0.25, 0.3) is 10.2 Å². The summed E-state index contributed by atoms with van der Waals surface area (Å²) in [5.74, 6) is -0.552. The fraction of sp³-hybridized carbons (Fsp3) is 0.722. The van der Waals surface area contributed by atoms with Gasteiger partial charge >= 0.3 is 6.03 Å². The molecule has 10 nitrogen and oxygen atoms in total. The quantitative estimate of drug-likeness (QED) is 0.602. The third-order valence-corrected chi connectivity index (χ3v) is 8.57. The fourth-order valence-corrected chi connectivity index (χ4v) is 6.81. The van der Waals surface area contributed by atoms with E-state index >= 15 is 0 Å². The molecule has 0 radical (unpaired) electrons. The van der Waals surface area contributed by atoms with Crippen LogP contribution in [0, 0.1) is 5.92 Å². The van der Waals surface area contributed by atoms with Gasteiger partial charge in [0.05, 0.1) is 24.5 Å². The lowest BCUT2D eigenvalue weighted by Crippen LogP contribution is -2.48. The Morgan fingerprint density at radius 2 is 2.10 bits per heavy atom. The van der Waals surface area contributed by atoms with Crippen LogP contribution in [0.1, 0.15) is 38.5 Å². The molecule has 168 valence electrons. The van der Waals surface area contributed by atoms with E-state index in [9.17, 15) is 18.0 Å². The molecule has 0 saturated carbocycles. The molecule has 2 aliphatic heterocycles. The summed E-state index contributed by atoms with van der Waals surface area (Å²) in [4.78, 5) is 31.5. The van der Waals surface area contributed by atoms with E-state index in [4.69, 9.17) is 0 Å². The number of amides is 3. The van der Waals surface area contributed by atoms with Crippen LogP contribution < -0.4 is 15.5 Å². The third kappa shape index (κ3) is 4.18. The summed E-state index contributed by atoms with van der Waals surface area (Å²) in [6.07, 6.45) is 2.95. The van der Waals surface area contributed by atoms with Crippen molar-refractivity contribution in [3.05, 3.63) is 11.1 Å². The first-order valence-corrected chi connectivity index (χ1v) is 12.5. The van der Waals surface area contributed by atoms with Crippen LogP contribution in [0.3, 0.4) is 0 Å². The predicted molar refractivity (Wildman–Crippen MR) is 115 cm³/mol. The summed E-state index contributed by atoms with van der Waals surface area (Å²) in [7, 11) is -2.04. The summed E-state index contributed by atoms with van der Waals surface area (Å²) < 4.78 is 28.9. The standard InChI is InChI=1S/C18H30N6O4S2/c1-5-8-22(4)30(27,28)23-9-7-14-15(23)12(3)16(25)24(14)18-21-11-13(29-18)10-20-17(26)19-6-2/h11-12,14-15H,5-10H2,1-4H3,(H2,19,20,26)/t12-,14-,15+/m0/s1. The number of hydrogen-bond acceptors (Lipinski definition) is 6. The van der Waals surface area contributed by atoms with Crippen LogP contribution in [0.15, 0.2) is 6.20 Å². The zero-order valence-electron chi connectivity index (χ0n) is 17.8. The molecule has 3 amide bonds. The van der Waals surface area contributed by atoms with Crippen LogP contribution in [-0.4, -0.2) is 72.7 Å². The topological polar surface area (TPSA) is 115 Å². The van der Waals surface area contributed by atoms with Crippen molar-refractivity contribution in [1.82, 2.24) is 24.2 Å². The van der Waals surface area contributed by atoms with Crippen LogP contribution in [0.25, 0.3) is 0 Å². The van der Waals surface area contributed by atoms with Crippen molar-refractivity contribution in [1.29, 1.82) is 0 Å². The van der Waals surface area contributed by atoms with Crippen LogP contribution in [0.4, 0.5) is 9.93 Å². The highest BCUT2D eigenvalue weighted by Gasteiger charge is 2.56. The average molecular weight is 459 g/mol. The average Bonchev–Trinajstić information content (AvgIpc) is 3.39. The summed E-state index contributed by atoms with van der Waals surface area (Å²) in [6.45, 7) is 7.24. The monoisotopic (exact) mass is 458 g/mol. The summed E-state index contributed by atoms with van der Waals surface area (Å²) in [5, 5.41) is 5.96. The minimum atomic E-state index is -3.62. The van der Waals surface area contributed by atoms with Gasteiger partial charge in [-0.1, -0.05) is 25.2 Å². The molecule has 0 bridgehead atoms. The third-order valence-electron chi connectivity index (χ3n) is 5.58. The fourth-order valence-electron chi connectivity index (χ4n) is 4.16. The number of carbonyl (C=O) groups excluding carboxylic acids is 2. The molecule has 0 unspecified atom stereocenters. The number of hydrogen-bond donors (Lipinski definition) is 2. The van der Waals surface area contributed by atoms with Gasteiger partial charge in [-0.25, -0.2) is 9.78 Å². The first-order chi connectivity index (χ1) is 14.2. The van der Waals surface area contributed by atoms with Crippen molar-refractivity contribution >= 4 is 38.6 Å². The summed E-state index contributed by atoms with van der Waals surface area (Å²) in [5.41, 5.74) is 0. The second-order valence-corrected chi connectivity index (χ2v) is 10.7. The van der Waals surface area contributed by atoms with Gasteiger partial charge in [-0.3, -0.25) is 9.69 Å². The summed E-state index contributed by atoms with van der Waals surface area (Å²) >= 11 is 1.34. The predicted octanol–water partition coefficient (Wildman–Crippen LogP) is 0.974. The first kappa shape index (κ1) is 22.9. The van der Waals surface area contributed by atoms with Gasteiger partial charge in [0.1, 0.15) is 0 Å². The second kappa shape index (κ2) is 9.16. The van der Waals surface area contributed by atoms with Gasteiger partial charge in [0.2, 0.25) is 5.91 Å². The maximum absolute atomic E-state index is 13.0. The van der Waals surface area contributed by atoms with E-state index in [1.807, 2.05) is 13.8 Å². The number of nitrogens with zero attached hydrogens (tertiary/aromatic N) is 4. The SMILES string of the molecule is CCCN(C)S(=O)(=O)N1CC[C@H]2[C@H]1[C@H](C)C(=O)N2c1ncc(CNC(=O)NCC)s1. The number of urea groups is 1. The molecule has 2 saturated heterocycles. The zero-order chi connectivity index (χ0) is 22.1. The van der Waals surface area contributed by atoms with E-state index in [2.05, 4.69) is 15.6 Å². The lowest BCUT2D eigenvalue weighted by atomic mass is 10.0. The molecule has 0 aromatic carbocycles. The first-order valence-electron chi connectivity index (χ1n) is 10.2.